The van der Waals surface area contributed by atoms with E-state index in [0.717, 1.165) is 23.8 Å². The van der Waals surface area contributed by atoms with Crippen LogP contribution in [0, 0.1) is 0 Å². The number of rotatable bonds is 5. The maximum Gasteiger partial charge on any atom is 0.148 e. The van der Waals surface area contributed by atoms with Gasteiger partial charge in [0, 0.05) is 25.9 Å². The molecule has 0 fully saturated rings. The van der Waals surface area contributed by atoms with Gasteiger partial charge in [-0.1, -0.05) is 6.07 Å². The van der Waals surface area contributed by atoms with Gasteiger partial charge in [-0.25, -0.2) is 0 Å². The standard InChI is InChI=1S/C11H14N4O/c1-16-7-6-13-11-8-10(14-15-11)9-4-2-3-5-12-9/h2-5,8H,6-7H2,1H3,(H2,13,14,15). The molecule has 2 aromatic heterocycles. The highest BCUT2D eigenvalue weighted by Gasteiger charge is 2.03. The number of hydrogen-bond donors (Lipinski definition) is 2. The lowest BCUT2D eigenvalue weighted by atomic mass is 10.3. The third-order valence-electron chi connectivity index (χ3n) is 2.13. The minimum absolute atomic E-state index is 0.659. The van der Waals surface area contributed by atoms with Gasteiger partial charge in [-0.15, -0.1) is 0 Å². The van der Waals surface area contributed by atoms with Crippen molar-refractivity contribution in [1.82, 2.24) is 15.2 Å². The van der Waals surface area contributed by atoms with Crippen molar-refractivity contribution in [2.24, 2.45) is 0 Å². The minimum Gasteiger partial charge on any atom is -0.383 e. The summed E-state index contributed by atoms with van der Waals surface area (Å²) >= 11 is 0. The van der Waals surface area contributed by atoms with Crippen LogP contribution in [0.1, 0.15) is 0 Å². The first kappa shape index (κ1) is 10.6. The summed E-state index contributed by atoms with van der Waals surface area (Å²) < 4.78 is 4.94. The van der Waals surface area contributed by atoms with E-state index in [1.807, 2.05) is 24.3 Å². The zero-order chi connectivity index (χ0) is 11.2. The molecule has 0 radical (unpaired) electrons. The smallest absolute Gasteiger partial charge is 0.148 e. The van der Waals surface area contributed by atoms with Gasteiger partial charge in [0.2, 0.25) is 0 Å². The number of anilines is 1. The molecule has 0 amide bonds. The number of nitrogens with zero attached hydrogens (tertiary/aromatic N) is 2. The Morgan fingerprint density at radius 1 is 1.44 bits per heavy atom. The van der Waals surface area contributed by atoms with E-state index in [-0.39, 0.29) is 0 Å². The van der Waals surface area contributed by atoms with Crippen LogP contribution in [0.3, 0.4) is 0 Å². The zero-order valence-corrected chi connectivity index (χ0v) is 9.10. The molecule has 5 heteroatoms. The van der Waals surface area contributed by atoms with E-state index < -0.39 is 0 Å². The SMILES string of the molecule is COCCNc1cc(-c2ccccn2)[nH]n1. The first-order valence-electron chi connectivity index (χ1n) is 5.10. The minimum atomic E-state index is 0.659. The third kappa shape index (κ3) is 2.58. The zero-order valence-electron chi connectivity index (χ0n) is 9.10. The molecule has 0 aromatic carbocycles. The summed E-state index contributed by atoms with van der Waals surface area (Å²) in [6, 6.07) is 7.70. The first-order valence-corrected chi connectivity index (χ1v) is 5.10. The molecule has 2 N–H and O–H groups in total. The maximum atomic E-state index is 4.94. The summed E-state index contributed by atoms with van der Waals surface area (Å²) in [4.78, 5) is 4.24. The highest BCUT2D eigenvalue weighted by Crippen LogP contribution is 2.16. The molecule has 0 aliphatic rings. The summed E-state index contributed by atoms with van der Waals surface area (Å²) in [7, 11) is 1.67. The molecule has 0 saturated carbocycles. The van der Waals surface area contributed by atoms with E-state index >= 15 is 0 Å². The van der Waals surface area contributed by atoms with Crippen molar-refractivity contribution < 1.29 is 4.74 Å². The average Bonchev–Trinajstić information content (AvgIpc) is 2.79. The lowest BCUT2D eigenvalue weighted by molar-refractivity contribution is 0.210. The van der Waals surface area contributed by atoms with Gasteiger partial charge in [0.15, 0.2) is 0 Å². The Hall–Kier alpha value is -1.88. The molecule has 84 valence electrons. The van der Waals surface area contributed by atoms with Crippen LogP contribution in [0.4, 0.5) is 5.82 Å². The van der Waals surface area contributed by atoms with Crippen LogP contribution < -0.4 is 5.32 Å². The van der Waals surface area contributed by atoms with Gasteiger partial charge < -0.3 is 10.1 Å². The van der Waals surface area contributed by atoms with Crippen molar-refractivity contribution in [3.8, 4) is 11.4 Å². The molecule has 0 aliphatic carbocycles. The topological polar surface area (TPSA) is 62.8 Å². The predicted molar refractivity (Wildman–Crippen MR) is 62.2 cm³/mol. The second kappa shape index (κ2) is 5.27. The normalized spacial score (nSPS) is 10.3. The monoisotopic (exact) mass is 218 g/mol. The summed E-state index contributed by atoms with van der Waals surface area (Å²) in [5, 5.41) is 10.2. The van der Waals surface area contributed by atoms with Crippen molar-refractivity contribution >= 4 is 5.82 Å². The molecule has 16 heavy (non-hydrogen) atoms. The molecule has 2 aromatic rings. The van der Waals surface area contributed by atoms with Gasteiger partial charge in [-0.05, 0) is 12.1 Å². The van der Waals surface area contributed by atoms with Gasteiger partial charge in [-0.3, -0.25) is 10.1 Å². The average molecular weight is 218 g/mol. The Labute approximate surface area is 93.9 Å². The quantitative estimate of drug-likeness (QED) is 0.747. The van der Waals surface area contributed by atoms with Gasteiger partial charge in [0.25, 0.3) is 0 Å². The first-order chi connectivity index (χ1) is 7.90. The Balaban J connectivity index is 2.02. The Morgan fingerprint density at radius 3 is 3.12 bits per heavy atom. The molecule has 0 aliphatic heterocycles. The lowest BCUT2D eigenvalue weighted by Crippen LogP contribution is -2.07. The summed E-state index contributed by atoms with van der Waals surface area (Å²) in [6.07, 6.45) is 1.76. The van der Waals surface area contributed by atoms with E-state index in [1.165, 1.54) is 0 Å². The van der Waals surface area contributed by atoms with Crippen LogP contribution in [0.2, 0.25) is 0 Å². The predicted octanol–water partition coefficient (Wildman–Crippen LogP) is 1.53. The second-order valence-corrected chi connectivity index (χ2v) is 3.30. The van der Waals surface area contributed by atoms with Gasteiger partial charge in [-0.2, -0.15) is 5.10 Å². The second-order valence-electron chi connectivity index (χ2n) is 3.30. The Morgan fingerprint density at radius 2 is 2.38 bits per heavy atom. The van der Waals surface area contributed by atoms with Crippen molar-refractivity contribution in [1.29, 1.82) is 0 Å². The number of pyridine rings is 1. The summed E-state index contributed by atoms with van der Waals surface area (Å²) in [6.45, 7) is 1.40. The van der Waals surface area contributed by atoms with Crippen LogP contribution >= 0.6 is 0 Å². The van der Waals surface area contributed by atoms with Gasteiger partial charge in [0.1, 0.15) is 5.82 Å². The molecule has 0 saturated heterocycles. The van der Waals surface area contributed by atoms with E-state index in [0.29, 0.717) is 6.61 Å². The fraction of sp³-hybridized carbons (Fsp3) is 0.273. The van der Waals surface area contributed by atoms with Gasteiger partial charge >= 0.3 is 0 Å². The number of aromatic amines is 1. The van der Waals surface area contributed by atoms with Crippen LogP contribution in [-0.2, 0) is 4.74 Å². The van der Waals surface area contributed by atoms with Crippen LogP contribution in [0.25, 0.3) is 11.4 Å². The summed E-state index contributed by atoms with van der Waals surface area (Å²) in [5.74, 6) is 0.803. The number of aromatic nitrogens is 3. The fourth-order valence-electron chi connectivity index (χ4n) is 1.35. The molecule has 0 unspecified atom stereocenters. The number of H-pyrrole nitrogens is 1. The van der Waals surface area contributed by atoms with Crippen molar-refractivity contribution in [3.05, 3.63) is 30.5 Å². The van der Waals surface area contributed by atoms with Crippen molar-refractivity contribution in [2.45, 2.75) is 0 Å². The number of ether oxygens (including phenoxy) is 1. The molecule has 0 atom stereocenters. The van der Waals surface area contributed by atoms with Crippen molar-refractivity contribution in [3.63, 3.8) is 0 Å². The summed E-state index contributed by atoms with van der Waals surface area (Å²) in [5.41, 5.74) is 1.79. The highest BCUT2D eigenvalue weighted by atomic mass is 16.5. The molecular weight excluding hydrogens is 204 g/mol. The van der Waals surface area contributed by atoms with E-state index in [9.17, 15) is 0 Å². The van der Waals surface area contributed by atoms with Crippen molar-refractivity contribution in [2.75, 3.05) is 25.6 Å². The third-order valence-corrected chi connectivity index (χ3v) is 2.13. The van der Waals surface area contributed by atoms with Crippen LogP contribution in [-0.4, -0.2) is 35.4 Å². The fourth-order valence-corrected chi connectivity index (χ4v) is 1.35. The van der Waals surface area contributed by atoms with Gasteiger partial charge in [0.05, 0.1) is 18.0 Å². The van der Waals surface area contributed by atoms with E-state index in [4.69, 9.17) is 4.74 Å². The molecule has 5 nitrogen and oxygen atoms in total. The molecular formula is C11H14N4O. The molecule has 0 spiro atoms. The molecule has 0 bridgehead atoms. The van der Waals surface area contributed by atoms with E-state index in [2.05, 4.69) is 20.5 Å². The Kier molecular flexibility index (Phi) is 3.50. The van der Waals surface area contributed by atoms with E-state index in [1.54, 1.807) is 13.3 Å². The highest BCUT2D eigenvalue weighted by molar-refractivity contribution is 5.58. The van der Waals surface area contributed by atoms with Crippen LogP contribution in [0.5, 0.6) is 0 Å². The Bertz CT molecular complexity index is 427. The van der Waals surface area contributed by atoms with Crippen LogP contribution in [0.15, 0.2) is 30.5 Å². The lowest BCUT2D eigenvalue weighted by Gasteiger charge is -1.99. The largest absolute Gasteiger partial charge is 0.383 e. The maximum absolute atomic E-state index is 4.94. The number of nitrogens with one attached hydrogen (secondary N) is 2. The molecule has 2 heterocycles. The molecule has 2 rings (SSSR count). The number of hydrogen-bond acceptors (Lipinski definition) is 4. The number of methoxy groups -OCH3 is 1.